The summed E-state index contributed by atoms with van der Waals surface area (Å²) in [5.74, 6) is 0.486. The molecule has 0 radical (unpaired) electrons. The van der Waals surface area contributed by atoms with Crippen molar-refractivity contribution in [1.29, 1.82) is 0 Å². The number of amides is 1. The largest absolute Gasteiger partial charge is 0.420 e. The Morgan fingerprint density at radius 3 is 3.04 bits per heavy atom. The van der Waals surface area contributed by atoms with Crippen LogP contribution in [0.2, 0.25) is 0 Å². The molecule has 1 amide bonds. The summed E-state index contributed by atoms with van der Waals surface area (Å²) in [7, 11) is 0. The highest BCUT2D eigenvalue weighted by molar-refractivity contribution is 7.08. The van der Waals surface area contributed by atoms with Crippen LogP contribution in [0.1, 0.15) is 18.2 Å². The van der Waals surface area contributed by atoms with Crippen molar-refractivity contribution in [1.82, 2.24) is 19.6 Å². The zero-order valence-electron chi connectivity index (χ0n) is 14.8. The lowest BCUT2D eigenvalue weighted by Gasteiger charge is -2.15. The Morgan fingerprint density at radius 1 is 1.29 bits per heavy atom. The van der Waals surface area contributed by atoms with Crippen LogP contribution in [0.5, 0.6) is 0 Å². The number of carbonyl (C=O) groups is 1. The fourth-order valence-corrected chi connectivity index (χ4v) is 4.13. The van der Waals surface area contributed by atoms with Gasteiger partial charge in [0.15, 0.2) is 11.4 Å². The molecule has 28 heavy (non-hydrogen) atoms. The van der Waals surface area contributed by atoms with Crippen LogP contribution >= 0.6 is 11.3 Å². The molecule has 5 rings (SSSR count). The van der Waals surface area contributed by atoms with Gasteiger partial charge in [-0.05, 0) is 30.0 Å². The Morgan fingerprint density at radius 2 is 2.18 bits per heavy atom. The first kappa shape index (κ1) is 16.9. The van der Waals surface area contributed by atoms with E-state index >= 15 is 0 Å². The number of oxazole rings is 1. The van der Waals surface area contributed by atoms with Crippen molar-refractivity contribution < 1.29 is 13.7 Å². The van der Waals surface area contributed by atoms with Gasteiger partial charge in [0.05, 0.1) is 11.1 Å². The fourth-order valence-electron chi connectivity index (χ4n) is 3.50. The highest BCUT2D eigenvalue weighted by atomic mass is 32.1. The standard InChI is InChI=1S/C19H16N4O4S/c24-16(10-23-14-3-1-2-4-15(14)26-19(23)25)22-7-5-12(9-22)17-20-18(27-21-17)13-6-8-28-11-13/h1-4,6,8,11-12H,5,7,9-10H2. The minimum Gasteiger partial charge on any atom is -0.408 e. The summed E-state index contributed by atoms with van der Waals surface area (Å²) in [5, 5.41) is 8.00. The van der Waals surface area contributed by atoms with E-state index in [1.807, 2.05) is 22.9 Å². The Kier molecular flexibility index (Phi) is 4.09. The van der Waals surface area contributed by atoms with Crippen molar-refractivity contribution in [3.63, 3.8) is 0 Å². The second-order valence-corrected chi connectivity index (χ2v) is 7.50. The zero-order valence-corrected chi connectivity index (χ0v) is 15.6. The van der Waals surface area contributed by atoms with E-state index in [2.05, 4.69) is 10.1 Å². The van der Waals surface area contributed by atoms with Gasteiger partial charge in [-0.3, -0.25) is 9.36 Å². The van der Waals surface area contributed by atoms with E-state index in [-0.39, 0.29) is 18.4 Å². The minimum atomic E-state index is -0.524. The number of benzene rings is 1. The van der Waals surface area contributed by atoms with Gasteiger partial charge in [-0.2, -0.15) is 16.3 Å². The summed E-state index contributed by atoms with van der Waals surface area (Å²) < 4.78 is 11.9. The van der Waals surface area contributed by atoms with Crippen LogP contribution in [-0.4, -0.2) is 38.6 Å². The first-order valence-electron chi connectivity index (χ1n) is 8.91. The Balaban J connectivity index is 1.30. The average Bonchev–Trinajstić information content (AvgIpc) is 3.48. The fraction of sp³-hybridized carbons (Fsp3) is 0.263. The number of nitrogens with zero attached hydrogens (tertiary/aromatic N) is 4. The van der Waals surface area contributed by atoms with Crippen LogP contribution in [0.25, 0.3) is 22.6 Å². The van der Waals surface area contributed by atoms with E-state index in [1.54, 1.807) is 34.4 Å². The van der Waals surface area contributed by atoms with Gasteiger partial charge in [0, 0.05) is 24.4 Å². The van der Waals surface area contributed by atoms with E-state index in [0.29, 0.717) is 35.9 Å². The molecule has 1 aliphatic rings. The van der Waals surface area contributed by atoms with E-state index in [4.69, 9.17) is 8.94 Å². The Labute approximate surface area is 163 Å². The number of rotatable bonds is 4. The van der Waals surface area contributed by atoms with E-state index < -0.39 is 5.76 Å². The van der Waals surface area contributed by atoms with E-state index in [0.717, 1.165) is 12.0 Å². The summed E-state index contributed by atoms with van der Waals surface area (Å²) in [4.78, 5) is 31.0. The summed E-state index contributed by atoms with van der Waals surface area (Å²) in [6.07, 6.45) is 0.759. The van der Waals surface area contributed by atoms with Gasteiger partial charge in [-0.1, -0.05) is 17.3 Å². The summed E-state index contributed by atoms with van der Waals surface area (Å²) in [6.45, 7) is 1.05. The third-order valence-electron chi connectivity index (χ3n) is 4.98. The number of fused-ring (bicyclic) bond motifs is 1. The van der Waals surface area contributed by atoms with Crippen LogP contribution in [-0.2, 0) is 11.3 Å². The lowest BCUT2D eigenvalue weighted by molar-refractivity contribution is -0.130. The van der Waals surface area contributed by atoms with Gasteiger partial charge < -0.3 is 13.8 Å². The molecule has 4 heterocycles. The molecule has 0 N–H and O–H groups in total. The molecule has 3 aromatic heterocycles. The van der Waals surface area contributed by atoms with Gasteiger partial charge in [-0.15, -0.1) is 0 Å². The number of likely N-dealkylation sites (tertiary alicyclic amines) is 1. The Bertz CT molecular complexity index is 1190. The molecule has 0 saturated carbocycles. The summed E-state index contributed by atoms with van der Waals surface area (Å²) in [5.41, 5.74) is 2.00. The molecule has 8 nitrogen and oxygen atoms in total. The molecular weight excluding hydrogens is 380 g/mol. The smallest absolute Gasteiger partial charge is 0.408 e. The topological polar surface area (TPSA) is 94.4 Å². The van der Waals surface area contributed by atoms with Crippen LogP contribution in [0.4, 0.5) is 0 Å². The molecule has 1 aliphatic heterocycles. The SMILES string of the molecule is O=C(Cn1c(=O)oc2ccccc21)N1CCC(c2noc(-c3ccsc3)n2)C1. The van der Waals surface area contributed by atoms with Gasteiger partial charge in [0.1, 0.15) is 6.54 Å². The number of carbonyl (C=O) groups excluding carboxylic acids is 1. The third kappa shape index (κ3) is 2.93. The second-order valence-electron chi connectivity index (χ2n) is 6.72. The van der Waals surface area contributed by atoms with Crippen molar-refractivity contribution in [2.75, 3.05) is 13.1 Å². The highest BCUT2D eigenvalue weighted by Gasteiger charge is 2.31. The number of aromatic nitrogens is 3. The lowest BCUT2D eigenvalue weighted by Crippen LogP contribution is -2.34. The number of hydrogen-bond donors (Lipinski definition) is 0. The van der Waals surface area contributed by atoms with Gasteiger partial charge in [0.2, 0.25) is 5.91 Å². The zero-order chi connectivity index (χ0) is 19.1. The van der Waals surface area contributed by atoms with Gasteiger partial charge in [0.25, 0.3) is 5.89 Å². The minimum absolute atomic E-state index is 0.0258. The second kappa shape index (κ2) is 6.75. The van der Waals surface area contributed by atoms with Crippen molar-refractivity contribution >= 4 is 28.3 Å². The van der Waals surface area contributed by atoms with Crippen LogP contribution in [0.15, 0.2) is 54.8 Å². The molecule has 1 unspecified atom stereocenters. The molecule has 1 atom stereocenters. The summed E-state index contributed by atoms with van der Waals surface area (Å²) in [6, 6.07) is 9.01. The van der Waals surface area contributed by atoms with E-state index in [1.165, 1.54) is 4.57 Å². The van der Waals surface area contributed by atoms with E-state index in [9.17, 15) is 9.59 Å². The highest BCUT2D eigenvalue weighted by Crippen LogP contribution is 2.28. The number of hydrogen-bond acceptors (Lipinski definition) is 7. The predicted molar refractivity (Wildman–Crippen MR) is 102 cm³/mol. The number of para-hydroxylation sites is 2. The molecule has 0 spiro atoms. The maximum absolute atomic E-state index is 12.7. The molecule has 142 valence electrons. The quantitative estimate of drug-likeness (QED) is 0.526. The summed E-state index contributed by atoms with van der Waals surface area (Å²) >= 11 is 1.57. The van der Waals surface area contributed by atoms with Crippen molar-refractivity contribution in [2.45, 2.75) is 18.9 Å². The number of thiophene rings is 1. The molecule has 0 bridgehead atoms. The molecule has 9 heteroatoms. The third-order valence-corrected chi connectivity index (χ3v) is 5.67. The van der Waals surface area contributed by atoms with Crippen LogP contribution in [0.3, 0.4) is 0 Å². The van der Waals surface area contributed by atoms with Gasteiger partial charge in [-0.25, -0.2) is 4.79 Å². The molecule has 0 aliphatic carbocycles. The average molecular weight is 396 g/mol. The van der Waals surface area contributed by atoms with Gasteiger partial charge >= 0.3 is 5.76 Å². The molecule has 4 aromatic rings. The van der Waals surface area contributed by atoms with Crippen molar-refractivity contribution in [3.8, 4) is 11.5 Å². The maximum Gasteiger partial charge on any atom is 0.420 e. The first-order valence-corrected chi connectivity index (χ1v) is 9.85. The first-order chi connectivity index (χ1) is 13.7. The lowest BCUT2D eigenvalue weighted by atomic mass is 10.1. The van der Waals surface area contributed by atoms with Crippen molar-refractivity contribution in [3.05, 3.63) is 57.5 Å². The van der Waals surface area contributed by atoms with Crippen LogP contribution < -0.4 is 5.76 Å². The molecule has 1 aromatic carbocycles. The Hall–Kier alpha value is -3.20. The van der Waals surface area contributed by atoms with Crippen molar-refractivity contribution in [2.24, 2.45) is 0 Å². The predicted octanol–water partition coefficient (Wildman–Crippen LogP) is 2.72. The van der Waals surface area contributed by atoms with Crippen LogP contribution in [0, 0.1) is 0 Å². The molecular formula is C19H16N4O4S. The molecule has 1 fully saturated rings. The normalized spacial score (nSPS) is 16.9. The molecule has 1 saturated heterocycles. The monoisotopic (exact) mass is 396 g/mol. The maximum atomic E-state index is 12.7.